The normalized spacial score (nSPS) is 11.6. The van der Waals surface area contributed by atoms with E-state index in [4.69, 9.17) is 4.74 Å². The lowest BCUT2D eigenvalue weighted by molar-refractivity contribution is 0.201. The summed E-state index contributed by atoms with van der Waals surface area (Å²) in [5.41, 5.74) is 1.03. The average molecular weight is 323 g/mol. The van der Waals surface area contributed by atoms with Gasteiger partial charge in [0.1, 0.15) is 5.82 Å². The van der Waals surface area contributed by atoms with Crippen LogP contribution in [0.2, 0.25) is 0 Å². The van der Waals surface area contributed by atoms with Gasteiger partial charge in [0.05, 0.1) is 6.61 Å². The van der Waals surface area contributed by atoms with E-state index in [0.717, 1.165) is 23.1 Å². The van der Waals surface area contributed by atoms with E-state index in [1.165, 1.54) is 16.4 Å². The molecule has 0 saturated heterocycles. The topological polar surface area (TPSA) is 47.0 Å². The Morgan fingerprint density at radius 1 is 1.24 bits per heavy atom. The number of anilines is 2. The van der Waals surface area contributed by atoms with Gasteiger partial charge in [0.15, 0.2) is 0 Å². The van der Waals surface area contributed by atoms with Crippen LogP contribution in [0.4, 0.5) is 10.8 Å². The predicted molar refractivity (Wildman–Crippen MR) is 90.8 cm³/mol. The van der Waals surface area contributed by atoms with Gasteiger partial charge in [-0.3, -0.25) is 0 Å². The minimum atomic E-state index is 0.227. The molecule has 2 aromatic rings. The van der Waals surface area contributed by atoms with Crippen LogP contribution in [0, 0.1) is 0 Å². The van der Waals surface area contributed by atoms with Gasteiger partial charge in [-0.15, -0.1) is 11.8 Å². The minimum Gasteiger partial charge on any atom is -0.384 e. The maximum atomic E-state index is 5.03. The third kappa shape index (κ3) is 5.65. The van der Waals surface area contributed by atoms with Crippen molar-refractivity contribution in [3.05, 3.63) is 30.1 Å². The first kappa shape index (κ1) is 16.3. The van der Waals surface area contributed by atoms with Gasteiger partial charge >= 0.3 is 0 Å². The van der Waals surface area contributed by atoms with E-state index >= 15 is 0 Å². The van der Waals surface area contributed by atoms with Crippen LogP contribution in [0.25, 0.3) is 0 Å². The second-order valence-corrected chi connectivity index (χ2v) is 8.27. The van der Waals surface area contributed by atoms with Crippen LogP contribution in [0.3, 0.4) is 0 Å². The van der Waals surface area contributed by atoms with Gasteiger partial charge in [-0.25, -0.2) is 4.98 Å². The van der Waals surface area contributed by atoms with Crippen LogP contribution in [0.15, 0.2) is 29.2 Å². The minimum absolute atomic E-state index is 0.227. The van der Waals surface area contributed by atoms with Crippen molar-refractivity contribution in [2.24, 2.45) is 0 Å². The van der Waals surface area contributed by atoms with Crippen LogP contribution in [0.5, 0.6) is 0 Å². The van der Waals surface area contributed by atoms with E-state index in [2.05, 4.69) is 59.7 Å². The molecule has 114 valence electrons. The second kappa shape index (κ2) is 7.24. The number of aromatic nitrogens is 2. The summed E-state index contributed by atoms with van der Waals surface area (Å²) >= 11 is 3.24. The molecule has 4 nitrogen and oxygen atoms in total. The molecule has 0 radical (unpaired) electrons. The Morgan fingerprint density at radius 3 is 2.57 bits per heavy atom. The van der Waals surface area contributed by atoms with Gasteiger partial charge in [-0.1, -0.05) is 20.8 Å². The molecule has 0 unspecified atom stereocenters. The van der Waals surface area contributed by atoms with Crippen molar-refractivity contribution < 1.29 is 4.74 Å². The fourth-order valence-electron chi connectivity index (χ4n) is 1.68. The first-order valence-corrected chi connectivity index (χ1v) is 8.43. The molecule has 0 fully saturated rings. The predicted octanol–water partition coefficient (Wildman–Crippen LogP) is 4.36. The number of thioether (sulfide) groups is 1. The molecule has 0 bridgehead atoms. The largest absolute Gasteiger partial charge is 0.384 e. The van der Waals surface area contributed by atoms with E-state index in [1.54, 1.807) is 7.11 Å². The molecule has 1 aromatic heterocycles. The van der Waals surface area contributed by atoms with Crippen LogP contribution >= 0.6 is 23.3 Å². The van der Waals surface area contributed by atoms with Gasteiger partial charge in [0, 0.05) is 40.4 Å². The highest BCUT2D eigenvalue weighted by molar-refractivity contribution is 8.00. The Hall–Kier alpha value is -1.11. The summed E-state index contributed by atoms with van der Waals surface area (Å²) in [6, 6.07) is 8.41. The number of methoxy groups -OCH3 is 1. The molecular formula is C15H21N3OS2. The number of hydrogen-bond donors (Lipinski definition) is 1. The summed E-state index contributed by atoms with van der Waals surface area (Å²) in [5, 5.41) is 4.10. The summed E-state index contributed by atoms with van der Waals surface area (Å²) in [4.78, 5) is 5.71. The molecule has 1 aromatic carbocycles. The van der Waals surface area contributed by atoms with Crippen molar-refractivity contribution in [1.82, 2.24) is 9.36 Å². The Kier molecular flexibility index (Phi) is 5.61. The molecule has 6 heteroatoms. The quantitative estimate of drug-likeness (QED) is 0.800. The number of ether oxygens (including phenoxy) is 1. The molecule has 21 heavy (non-hydrogen) atoms. The lowest BCUT2D eigenvalue weighted by Crippen LogP contribution is -2.06. The molecule has 0 aliphatic rings. The van der Waals surface area contributed by atoms with Crippen molar-refractivity contribution in [2.75, 3.05) is 19.0 Å². The molecule has 0 saturated carbocycles. The van der Waals surface area contributed by atoms with Crippen LogP contribution in [-0.4, -0.2) is 27.8 Å². The zero-order chi connectivity index (χ0) is 15.3. The number of nitrogens with one attached hydrogen (secondary N) is 1. The van der Waals surface area contributed by atoms with Gasteiger partial charge in [0.2, 0.25) is 5.13 Å². The van der Waals surface area contributed by atoms with Crippen molar-refractivity contribution in [3.63, 3.8) is 0 Å². The van der Waals surface area contributed by atoms with E-state index < -0.39 is 0 Å². The molecule has 0 amide bonds. The molecule has 0 aliphatic carbocycles. The van der Waals surface area contributed by atoms with Gasteiger partial charge in [-0.05, 0) is 24.3 Å². The molecule has 0 atom stereocenters. The molecule has 2 rings (SSSR count). The fraction of sp³-hybridized carbons (Fsp3) is 0.467. The maximum Gasteiger partial charge on any atom is 0.207 e. The highest BCUT2D eigenvalue weighted by Gasteiger charge is 2.11. The average Bonchev–Trinajstić information content (AvgIpc) is 2.85. The van der Waals surface area contributed by atoms with Crippen LogP contribution in [-0.2, 0) is 11.2 Å². The molecule has 0 spiro atoms. The Labute approximate surface area is 134 Å². The molecule has 0 aliphatic heterocycles. The number of rotatable bonds is 6. The number of benzene rings is 1. The van der Waals surface area contributed by atoms with E-state index in [0.29, 0.717) is 6.61 Å². The number of nitrogens with zero attached hydrogens (tertiary/aromatic N) is 2. The Balaban J connectivity index is 1.95. The second-order valence-electron chi connectivity index (χ2n) is 5.62. The fourth-order valence-corrected chi connectivity index (χ4v) is 3.30. The molecule has 1 N–H and O–H groups in total. The SMILES string of the molecule is COCCc1nsc(Nc2ccc(SC(C)(C)C)cc2)n1. The highest BCUT2D eigenvalue weighted by Crippen LogP contribution is 2.32. The monoisotopic (exact) mass is 323 g/mol. The van der Waals surface area contributed by atoms with Gasteiger partial charge in [-0.2, -0.15) is 4.37 Å². The molecule has 1 heterocycles. The first-order valence-electron chi connectivity index (χ1n) is 6.84. The van der Waals surface area contributed by atoms with E-state index in [-0.39, 0.29) is 4.75 Å². The van der Waals surface area contributed by atoms with Crippen LogP contribution in [0.1, 0.15) is 26.6 Å². The zero-order valence-corrected chi connectivity index (χ0v) is 14.5. The van der Waals surface area contributed by atoms with Crippen molar-refractivity contribution in [2.45, 2.75) is 36.8 Å². The lowest BCUT2D eigenvalue weighted by Gasteiger charge is -2.17. The summed E-state index contributed by atoms with van der Waals surface area (Å²) < 4.78 is 9.55. The third-order valence-electron chi connectivity index (χ3n) is 2.53. The summed E-state index contributed by atoms with van der Waals surface area (Å²) in [6.45, 7) is 7.29. The maximum absolute atomic E-state index is 5.03. The van der Waals surface area contributed by atoms with Crippen molar-refractivity contribution in [1.29, 1.82) is 0 Å². The zero-order valence-electron chi connectivity index (χ0n) is 12.8. The Morgan fingerprint density at radius 2 is 1.95 bits per heavy atom. The van der Waals surface area contributed by atoms with E-state index in [1.807, 2.05) is 11.8 Å². The molecular weight excluding hydrogens is 302 g/mol. The highest BCUT2D eigenvalue weighted by atomic mass is 32.2. The first-order chi connectivity index (χ1) is 9.96. The summed E-state index contributed by atoms with van der Waals surface area (Å²) in [5.74, 6) is 0.823. The van der Waals surface area contributed by atoms with E-state index in [9.17, 15) is 0 Å². The lowest BCUT2D eigenvalue weighted by atomic mass is 10.3. The van der Waals surface area contributed by atoms with Gasteiger partial charge in [0.25, 0.3) is 0 Å². The van der Waals surface area contributed by atoms with Crippen molar-refractivity contribution >= 4 is 34.1 Å². The standard InChI is InChI=1S/C15H21N3OS2/c1-15(2,3)20-12-7-5-11(6-8-12)16-14-17-13(18-21-14)9-10-19-4/h5-8H,9-10H2,1-4H3,(H,16,17,18). The van der Waals surface area contributed by atoms with Gasteiger partial charge < -0.3 is 10.1 Å². The summed E-state index contributed by atoms with van der Waals surface area (Å²) in [7, 11) is 1.68. The summed E-state index contributed by atoms with van der Waals surface area (Å²) in [6.07, 6.45) is 0.746. The number of hydrogen-bond acceptors (Lipinski definition) is 6. The third-order valence-corrected chi connectivity index (χ3v) is 4.32. The smallest absolute Gasteiger partial charge is 0.207 e. The van der Waals surface area contributed by atoms with Crippen LogP contribution < -0.4 is 5.32 Å². The van der Waals surface area contributed by atoms with Crippen molar-refractivity contribution in [3.8, 4) is 0 Å². The Bertz CT molecular complexity index is 561.